The molecule has 0 N–H and O–H groups in total. The Morgan fingerprint density at radius 1 is 1.12 bits per heavy atom. The lowest BCUT2D eigenvalue weighted by atomic mass is 10.1. The van der Waals surface area contributed by atoms with E-state index in [1.165, 1.54) is 0 Å². The van der Waals surface area contributed by atoms with Crippen molar-refractivity contribution in [3.05, 3.63) is 52.5 Å². The molecule has 2 amide bonds. The van der Waals surface area contributed by atoms with Crippen LogP contribution in [0.1, 0.15) is 17.3 Å². The molecule has 2 aromatic rings. The van der Waals surface area contributed by atoms with Crippen LogP contribution in [0, 0.1) is 0 Å². The molecule has 0 spiro atoms. The van der Waals surface area contributed by atoms with E-state index in [4.69, 9.17) is 9.47 Å². The van der Waals surface area contributed by atoms with Crippen LogP contribution in [0.15, 0.2) is 46.9 Å². The Kier molecular flexibility index (Phi) is 4.32. The van der Waals surface area contributed by atoms with Gasteiger partial charge in [-0.1, -0.05) is 22.0 Å². The number of halogens is 1. The van der Waals surface area contributed by atoms with E-state index in [1.807, 2.05) is 18.2 Å². The number of fused-ring (bicyclic) bond motifs is 1. The van der Waals surface area contributed by atoms with Gasteiger partial charge in [0, 0.05) is 34.9 Å². The summed E-state index contributed by atoms with van der Waals surface area (Å²) in [5.41, 5.74) is 1.32. The van der Waals surface area contributed by atoms with E-state index in [-0.39, 0.29) is 18.6 Å². The number of rotatable bonds is 2. The van der Waals surface area contributed by atoms with Gasteiger partial charge in [-0.3, -0.25) is 9.59 Å². The molecule has 0 radical (unpaired) electrons. The molecule has 2 aliphatic rings. The quantitative estimate of drug-likeness (QED) is 0.754. The molecule has 1 unspecified atom stereocenters. The van der Waals surface area contributed by atoms with Crippen LogP contribution in [0.25, 0.3) is 0 Å². The van der Waals surface area contributed by atoms with Gasteiger partial charge in [0.05, 0.1) is 0 Å². The monoisotopic (exact) mass is 416 g/mol. The molecule has 0 aliphatic carbocycles. The summed E-state index contributed by atoms with van der Waals surface area (Å²) in [5.74, 6) is 1.06. The van der Waals surface area contributed by atoms with Crippen LogP contribution in [0.3, 0.4) is 0 Å². The number of hydrogen-bond donors (Lipinski definition) is 0. The first-order valence-electron chi connectivity index (χ1n) is 8.32. The van der Waals surface area contributed by atoms with Crippen LogP contribution in [-0.2, 0) is 4.79 Å². The molecule has 1 saturated heterocycles. The minimum Gasteiger partial charge on any atom is -0.454 e. The fourth-order valence-corrected chi connectivity index (χ4v) is 3.64. The molecule has 1 atom stereocenters. The second kappa shape index (κ2) is 6.64. The third-order valence-corrected chi connectivity index (χ3v) is 5.15. The summed E-state index contributed by atoms with van der Waals surface area (Å²) in [5, 5.41) is 0. The summed E-state index contributed by atoms with van der Waals surface area (Å²) < 4.78 is 11.5. The average Bonchev–Trinajstić information content (AvgIpc) is 3.11. The van der Waals surface area contributed by atoms with Crippen molar-refractivity contribution in [2.45, 2.75) is 13.0 Å². The first kappa shape index (κ1) is 16.9. The fraction of sp³-hybridized carbons (Fsp3) is 0.263. The number of hydrogen-bond acceptors (Lipinski definition) is 4. The minimum absolute atomic E-state index is 0.113. The Hall–Kier alpha value is -2.54. The van der Waals surface area contributed by atoms with Gasteiger partial charge in [-0.05, 0) is 37.3 Å². The van der Waals surface area contributed by atoms with Crippen molar-refractivity contribution in [3.63, 3.8) is 0 Å². The van der Waals surface area contributed by atoms with E-state index < -0.39 is 6.04 Å². The highest BCUT2D eigenvalue weighted by Gasteiger charge is 2.35. The van der Waals surface area contributed by atoms with Gasteiger partial charge in [0.15, 0.2) is 11.5 Å². The van der Waals surface area contributed by atoms with Crippen molar-refractivity contribution in [3.8, 4) is 11.5 Å². The van der Waals surface area contributed by atoms with Crippen molar-refractivity contribution in [2.75, 3.05) is 24.8 Å². The number of carbonyl (C=O) groups is 2. The third kappa shape index (κ3) is 2.92. The van der Waals surface area contributed by atoms with Crippen LogP contribution >= 0.6 is 15.9 Å². The maximum absolute atomic E-state index is 12.9. The van der Waals surface area contributed by atoms with E-state index in [2.05, 4.69) is 15.9 Å². The first-order chi connectivity index (χ1) is 12.5. The van der Waals surface area contributed by atoms with Crippen molar-refractivity contribution in [1.29, 1.82) is 0 Å². The number of ether oxygens (including phenoxy) is 2. The average molecular weight is 417 g/mol. The summed E-state index contributed by atoms with van der Waals surface area (Å²) in [6.07, 6.45) is 0. The summed E-state index contributed by atoms with van der Waals surface area (Å²) in [6.45, 7) is 2.85. The molecule has 4 rings (SSSR count). The Bertz CT molecular complexity index is 886. The van der Waals surface area contributed by atoms with Crippen molar-refractivity contribution < 1.29 is 19.1 Å². The van der Waals surface area contributed by atoms with Gasteiger partial charge in [0.1, 0.15) is 6.04 Å². The van der Waals surface area contributed by atoms with Crippen LogP contribution in [0.2, 0.25) is 0 Å². The molecule has 2 heterocycles. The Balaban J connectivity index is 1.54. The van der Waals surface area contributed by atoms with E-state index in [9.17, 15) is 9.59 Å². The molecular formula is C19H17BrN2O4. The van der Waals surface area contributed by atoms with Crippen molar-refractivity contribution in [1.82, 2.24) is 4.90 Å². The molecule has 0 saturated carbocycles. The minimum atomic E-state index is -0.541. The second-order valence-corrected chi connectivity index (χ2v) is 7.13. The van der Waals surface area contributed by atoms with Gasteiger partial charge in [0.2, 0.25) is 12.7 Å². The predicted octanol–water partition coefficient (Wildman–Crippen LogP) is 3.06. The largest absolute Gasteiger partial charge is 0.454 e. The van der Waals surface area contributed by atoms with E-state index >= 15 is 0 Å². The van der Waals surface area contributed by atoms with Gasteiger partial charge >= 0.3 is 0 Å². The standard InChI is InChI=1S/C19H17BrN2O4/c1-12-18(23)22(15-5-6-16-17(10-15)26-11-25-16)8-7-21(12)19(24)13-3-2-4-14(20)9-13/h2-6,9-10,12H,7-8,11H2,1H3. The number of piperazine rings is 1. The van der Waals surface area contributed by atoms with E-state index in [0.29, 0.717) is 30.2 Å². The lowest BCUT2D eigenvalue weighted by molar-refractivity contribution is -0.124. The lowest BCUT2D eigenvalue weighted by Crippen LogP contribution is -2.57. The van der Waals surface area contributed by atoms with Crippen LogP contribution in [0.4, 0.5) is 5.69 Å². The number of anilines is 1. The maximum atomic E-state index is 12.9. The number of amides is 2. The molecule has 26 heavy (non-hydrogen) atoms. The van der Waals surface area contributed by atoms with Crippen LogP contribution in [-0.4, -0.2) is 42.6 Å². The van der Waals surface area contributed by atoms with Crippen LogP contribution in [0.5, 0.6) is 11.5 Å². The van der Waals surface area contributed by atoms with E-state index in [0.717, 1.165) is 10.2 Å². The summed E-state index contributed by atoms with van der Waals surface area (Å²) in [6, 6.07) is 12.1. The van der Waals surface area contributed by atoms with Gasteiger partial charge in [-0.25, -0.2) is 0 Å². The Morgan fingerprint density at radius 2 is 1.92 bits per heavy atom. The molecule has 134 valence electrons. The normalized spacial score (nSPS) is 19.0. The van der Waals surface area contributed by atoms with Gasteiger partial charge in [-0.15, -0.1) is 0 Å². The topological polar surface area (TPSA) is 59.1 Å². The zero-order valence-corrected chi connectivity index (χ0v) is 15.7. The predicted molar refractivity (Wildman–Crippen MR) is 99.6 cm³/mol. The number of nitrogens with zero attached hydrogens (tertiary/aromatic N) is 2. The van der Waals surface area contributed by atoms with E-state index in [1.54, 1.807) is 41.0 Å². The third-order valence-electron chi connectivity index (χ3n) is 4.66. The zero-order valence-electron chi connectivity index (χ0n) is 14.1. The van der Waals surface area contributed by atoms with Gasteiger partial charge in [-0.2, -0.15) is 0 Å². The highest BCUT2D eigenvalue weighted by molar-refractivity contribution is 9.10. The zero-order chi connectivity index (χ0) is 18.3. The molecular weight excluding hydrogens is 400 g/mol. The molecule has 1 fully saturated rings. The van der Waals surface area contributed by atoms with Crippen LogP contribution < -0.4 is 14.4 Å². The number of carbonyl (C=O) groups excluding carboxylic acids is 2. The molecule has 2 aromatic carbocycles. The van der Waals surface area contributed by atoms with Crippen molar-refractivity contribution in [2.24, 2.45) is 0 Å². The highest BCUT2D eigenvalue weighted by Crippen LogP contribution is 2.36. The lowest BCUT2D eigenvalue weighted by Gasteiger charge is -2.39. The SMILES string of the molecule is CC1C(=O)N(c2ccc3c(c2)OCO3)CCN1C(=O)c1cccc(Br)c1. The summed E-state index contributed by atoms with van der Waals surface area (Å²) in [4.78, 5) is 29.0. The number of benzene rings is 2. The smallest absolute Gasteiger partial charge is 0.254 e. The molecule has 6 nitrogen and oxygen atoms in total. The molecule has 7 heteroatoms. The van der Waals surface area contributed by atoms with Gasteiger partial charge < -0.3 is 19.3 Å². The Labute approximate surface area is 159 Å². The Morgan fingerprint density at radius 3 is 2.73 bits per heavy atom. The second-order valence-electron chi connectivity index (χ2n) is 6.21. The molecule has 0 bridgehead atoms. The highest BCUT2D eigenvalue weighted by atomic mass is 79.9. The molecule has 2 aliphatic heterocycles. The summed E-state index contributed by atoms with van der Waals surface area (Å²) in [7, 11) is 0. The summed E-state index contributed by atoms with van der Waals surface area (Å²) >= 11 is 3.38. The molecule has 0 aromatic heterocycles. The fourth-order valence-electron chi connectivity index (χ4n) is 3.24. The van der Waals surface area contributed by atoms with Crippen molar-refractivity contribution >= 4 is 33.4 Å². The van der Waals surface area contributed by atoms with Gasteiger partial charge in [0.25, 0.3) is 5.91 Å². The maximum Gasteiger partial charge on any atom is 0.254 e. The first-order valence-corrected chi connectivity index (χ1v) is 9.11.